The Morgan fingerprint density at radius 2 is 1.36 bits per heavy atom. The van der Waals surface area contributed by atoms with Crippen molar-refractivity contribution in [3.63, 3.8) is 0 Å². The molecule has 0 saturated heterocycles. The summed E-state index contributed by atoms with van der Waals surface area (Å²) in [5.41, 5.74) is 0. The van der Waals surface area contributed by atoms with Crippen molar-refractivity contribution in [1.29, 1.82) is 0 Å². The van der Waals surface area contributed by atoms with Crippen LogP contribution in [-0.4, -0.2) is 30.6 Å². The maximum absolute atomic E-state index is 3.67. The van der Waals surface area contributed by atoms with Crippen LogP contribution in [0.5, 0.6) is 0 Å². The van der Waals surface area contributed by atoms with Gasteiger partial charge in [-0.1, -0.05) is 0 Å². The van der Waals surface area contributed by atoms with E-state index in [0.29, 0.717) is 0 Å². The normalized spacial score (nSPS) is 16.4. The Morgan fingerprint density at radius 3 is 1.64 bits per heavy atom. The minimum absolute atomic E-state index is 0.274. The third-order valence-corrected chi connectivity index (χ3v) is 9.73. The van der Waals surface area contributed by atoms with Gasteiger partial charge in [-0.3, -0.25) is 0 Å². The zero-order valence-corrected chi connectivity index (χ0v) is 12.6. The Bertz CT molecular complexity index is 78.2. The van der Waals surface area contributed by atoms with Crippen molar-refractivity contribution in [3.05, 3.63) is 0 Å². The van der Waals surface area contributed by atoms with E-state index in [2.05, 4.69) is 45.7 Å². The molecular weight excluding hydrogens is 383 g/mol. The molecule has 0 fully saturated rings. The molecule has 0 N–H and O–H groups in total. The molecule has 2 unspecified atom stereocenters. The van der Waals surface area contributed by atoms with E-state index in [4.69, 9.17) is 0 Å². The van der Waals surface area contributed by atoms with Gasteiger partial charge in [-0.2, -0.15) is 0 Å². The van der Waals surface area contributed by atoms with Crippen LogP contribution in [0.25, 0.3) is 0 Å². The zero-order chi connectivity index (χ0) is 8.69. The van der Waals surface area contributed by atoms with Gasteiger partial charge in [0, 0.05) is 0 Å². The van der Waals surface area contributed by atoms with E-state index in [9.17, 15) is 0 Å². The summed E-state index contributed by atoms with van der Waals surface area (Å²) in [5.74, 6) is 0. The fourth-order valence-electron chi connectivity index (χ4n) is 0.559. The van der Waals surface area contributed by atoms with Crippen molar-refractivity contribution >= 4 is 52.8 Å². The summed E-state index contributed by atoms with van der Waals surface area (Å²) in [5, 5.41) is 0. The van der Waals surface area contributed by atoms with E-state index >= 15 is 0 Å². The van der Waals surface area contributed by atoms with E-state index < -0.39 is 0 Å². The molecule has 0 aliphatic rings. The molecule has 0 aromatic heterocycles. The van der Waals surface area contributed by atoms with Gasteiger partial charge >= 0.3 is 98.1 Å². The molecule has 0 rings (SSSR count). The van der Waals surface area contributed by atoms with E-state index in [1.165, 1.54) is 21.8 Å². The average Bonchev–Trinajstić information content (AvgIpc) is 2.04. The summed E-state index contributed by atoms with van der Waals surface area (Å²) in [6.07, 6.45) is 2.56. The first-order chi connectivity index (χ1) is 5.20. The van der Waals surface area contributed by atoms with Gasteiger partial charge in [-0.15, -0.1) is 0 Å². The van der Waals surface area contributed by atoms with Gasteiger partial charge in [0.25, 0.3) is 0 Å². The molecule has 0 nitrogen and oxygen atoms in total. The number of hydrogen-bond acceptors (Lipinski definition) is 0. The first-order valence-corrected chi connectivity index (χ1v) is 9.19. The summed E-state index contributed by atoms with van der Waals surface area (Å²) in [6, 6.07) is 0. The molecule has 0 aromatic carbocycles. The van der Waals surface area contributed by atoms with E-state index in [1.54, 1.807) is 0 Å². The van der Waals surface area contributed by atoms with Gasteiger partial charge < -0.3 is 0 Å². The van der Waals surface area contributed by atoms with Crippen LogP contribution >= 0.6 is 31.9 Å². The Hall–Kier alpha value is 1.75. The van der Waals surface area contributed by atoms with Crippen molar-refractivity contribution < 1.29 is 0 Å². The fraction of sp³-hybridized carbons (Fsp3) is 1.00. The van der Waals surface area contributed by atoms with E-state index in [1.807, 2.05) is 0 Å². The minimum atomic E-state index is 0.274. The van der Waals surface area contributed by atoms with Crippen LogP contribution in [-0.2, 0) is 0 Å². The number of hydrogen-bond donors (Lipinski definition) is 0. The molecule has 68 valence electrons. The molecule has 0 spiro atoms. The second-order valence-corrected chi connectivity index (χ2v) is 8.21. The van der Waals surface area contributed by atoms with E-state index in [-0.39, 0.29) is 20.9 Å². The van der Waals surface area contributed by atoms with Crippen LogP contribution in [0.4, 0.5) is 0 Å². The number of halogens is 2. The number of alkyl halides is 2. The predicted octanol–water partition coefficient (Wildman–Crippen LogP) is 3.87. The molecule has 0 aliphatic carbocycles. The Labute approximate surface area is 97.2 Å². The third kappa shape index (κ3) is 8.09. The van der Waals surface area contributed by atoms with Crippen molar-refractivity contribution in [2.45, 2.75) is 45.3 Å². The predicted molar refractivity (Wildman–Crippen MR) is 61.4 cm³/mol. The number of rotatable bonds is 6. The van der Waals surface area contributed by atoms with Crippen LogP contribution in [0.2, 0.25) is 8.94 Å². The molecule has 0 heterocycles. The second-order valence-electron chi connectivity index (χ2n) is 2.55. The molecule has 11 heavy (non-hydrogen) atoms. The summed E-state index contributed by atoms with van der Waals surface area (Å²) < 4.78 is 2.90. The average molecular weight is 400 g/mol. The molecule has 2 atom stereocenters. The van der Waals surface area contributed by atoms with Crippen LogP contribution in [0.1, 0.15) is 26.7 Å². The van der Waals surface area contributed by atoms with Gasteiger partial charge in [0.15, 0.2) is 0 Å². The summed E-state index contributed by atoms with van der Waals surface area (Å²) in [7, 11) is 0. The van der Waals surface area contributed by atoms with Crippen molar-refractivity contribution in [2.24, 2.45) is 0 Å². The van der Waals surface area contributed by atoms with Crippen LogP contribution in [0.3, 0.4) is 0 Å². The maximum atomic E-state index is 3.67. The van der Waals surface area contributed by atoms with Crippen molar-refractivity contribution in [1.82, 2.24) is 0 Å². The molecule has 0 aliphatic heterocycles. The molecule has 0 amide bonds. The Morgan fingerprint density at radius 1 is 1.00 bits per heavy atom. The quantitative estimate of drug-likeness (QED) is 0.470. The Balaban J connectivity index is 3.13. The monoisotopic (exact) mass is 400 g/mol. The molecule has 0 bridgehead atoms. The van der Waals surface area contributed by atoms with E-state index in [0.717, 1.165) is 9.65 Å². The molecule has 3 heteroatoms. The SMILES string of the molecule is CCC(Br)C[Te]CC(Br)CC. The second kappa shape index (κ2) is 8.35. The molecular formula is C8H16Br2Te. The van der Waals surface area contributed by atoms with Crippen LogP contribution < -0.4 is 0 Å². The first-order valence-electron chi connectivity index (χ1n) is 4.06. The van der Waals surface area contributed by atoms with Crippen molar-refractivity contribution in [3.8, 4) is 0 Å². The molecule has 0 saturated carbocycles. The van der Waals surface area contributed by atoms with Gasteiger partial charge in [0.2, 0.25) is 0 Å². The fourth-order valence-corrected chi connectivity index (χ4v) is 6.26. The van der Waals surface area contributed by atoms with Gasteiger partial charge in [-0.25, -0.2) is 0 Å². The Kier molecular flexibility index (Phi) is 9.68. The first kappa shape index (κ1) is 12.7. The molecule has 0 radical (unpaired) electrons. The van der Waals surface area contributed by atoms with Gasteiger partial charge in [0.05, 0.1) is 0 Å². The van der Waals surface area contributed by atoms with Crippen molar-refractivity contribution in [2.75, 3.05) is 0 Å². The third-order valence-electron chi connectivity index (χ3n) is 1.48. The molecule has 0 aromatic rings. The van der Waals surface area contributed by atoms with Gasteiger partial charge in [0.1, 0.15) is 0 Å². The van der Waals surface area contributed by atoms with Crippen LogP contribution in [0, 0.1) is 0 Å². The topological polar surface area (TPSA) is 0 Å². The summed E-state index contributed by atoms with van der Waals surface area (Å²) in [4.78, 5) is 1.59. The summed E-state index contributed by atoms with van der Waals surface area (Å²) >= 11 is 7.61. The zero-order valence-electron chi connectivity index (χ0n) is 7.15. The van der Waals surface area contributed by atoms with Gasteiger partial charge in [-0.05, 0) is 0 Å². The standard InChI is InChI=1S/C8H16Br2Te/c1-3-7(9)5-11-6-8(10)4-2/h7-8H,3-6H2,1-2H3. The summed E-state index contributed by atoms with van der Waals surface area (Å²) in [6.45, 7) is 4.50. The van der Waals surface area contributed by atoms with Crippen LogP contribution in [0.15, 0.2) is 0 Å².